The maximum absolute atomic E-state index is 12.2. The number of esters is 1. The van der Waals surface area contributed by atoms with Gasteiger partial charge in [-0.25, -0.2) is 0 Å². The maximum atomic E-state index is 12.2. The molecule has 0 heterocycles. The van der Waals surface area contributed by atoms with Crippen molar-refractivity contribution < 1.29 is 19.1 Å². The Morgan fingerprint density at radius 2 is 1.96 bits per heavy atom. The second kappa shape index (κ2) is 10.7. The van der Waals surface area contributed by atoms with Crippen LogP contribution in [0.5, 0.6) is 0 Å². The molecule has 23 heavy (non-hydrogen) atoms. The van der Waals surface area contributed by atoms with Crippen molar-refractivity contribution in [3.05, 3.63) is 29.8 Å². The minimum Gasteiger partial charge on any atom is -0.454 e. The third kappa shape index (κ3) is 7.69. The Labute approximate surface area is 140 Å². The molecule has 6 nitrogen and oxygen atoms in total. The van der Waals surface area contributed by atoms with E-state index in [9.17, 15) is 14.4 Å². The molecule has 0 aliphatic rings. The summed E-state index contributed by atoms with van der Waals surface area (Å²) in [5, 5.41) is 2.75. The van der Waals surface area contributed by atoms with Crippen molar-refractivity contribution in [1.82, 2.24) is 5.32 Å². The number of ether oxygens (including phenoxy) is 1. The summed E-state index contributed by atoms with van der Waals surface area (Å²) in [5.74, 6) is -0.680. The normalized spacial score (nSPS) is 10.1. The fourth-order valence-corrected chi connectivity index (χ4v) is 2.58. The largest absolute Gasteiger partial charge is 0.454 e. The summed E-state index contributed by atoms with van der Waals surface area (Å²) < 4.78 is 5.09. The molecule has 0 saturated carbocycles. The molecule has 126 valence electrons. The van der Waals surface area contributed by atoms with Crippen LogP contribution in [-0.4, -0.2) is 30.3 Å². The van der Waals surface area contributed by atoms with E-state index >= 15 is 0 Å². The van der Waals surface area contributed by atoms with Crippen LogP contribution in [0.3, 0.4) is 0 Å². The van der Waals surface area contributed by atoms with Crippen molar-refractivity contribution in [3.8, 4) is 0 Å². The first-order valence-electron chi connectivity index (χ1n) is 7.48. The molecule has 0 saturated heterocycles. The van der Waals surface area contributed by atoms with Crippen molar-refractivity contribution in [2.45, 2.75) is 37.5 Å². The minimum absolute atomic E-state index is 0.171. The molecule has 1 aromatic rings. The minimum atomic E-state index is -0.385. The maximum Gasteiger partial charge on any atom is 0.306 e. The molecule has 0 bridgehead atoms. The highest BCUT2D eigenvalue weighted by atomic mass is 32.2. The van der Waals surface area contributed by atoms with Crippen LogP contribution in [0.1, 0.15) is 43.0 Å². The van der Waals surface area contributed by atoms with E-state index in [-0.39, 0.29) is 30.1 Å². The number of hydrogen-bond acceptors (Lipinski definition) is 5. The lowest BCUT2D eigenvalue weighted by Gasteiger charge is -2.10. The van der Waals surface area contributed by atoms with Gasteiger partial charge >= 0.3 is 5.97 Å². The first-order chi connectivity index (χ1) is 11.0. The number of carbonyl (C=O) groups is 3. The van der Waals surface area contributed by atoms with Gasteiger partial charge in [-0.15, -0.1) is 0 Å². The quantitative estimate of drug-likeness (QED) is 0.294. The zero-order valence-corrected chi connectivity index (χ0v) is 14.0. The highest BCUT2D eigenvalue weighted by molar-refractivity contribution is 7.99. The van der Waals surface area contributed by atoms with Crippen LogP contribution in [0.2, 0.25) is 0 Å². The second-order valence-electron chi connectivity index (χ2n) is 4.85. The smallest absolute Gasteiger partial charge is 0.306 e. The number of hydrogen-bond donors (Lipinski definition) is 2. The fraction of sp³-hybridized carbons (Fsp3) is 0.438. The van der Waals surface area contributed by atoms with Gasteiger partial charge in [-0.3, -0.25) is 14.4 Å². The predicted octanol–water partition coefficient (Wildman–Crippen LogP) is 2.07. The van der Waals surface area contributed by atoms with Crippen molar-refractivity contribution in [2.24, 2.45) is 5.73 Å². The summed E-state index contributed by atoms with van der Waals surface area (Å²) in [7, 11) is 0. The molecule has 0 unspecified atom stereocenters. The van der Waals surface area contributed by atoms with E-state index in [1.54, 1.807) is 18.2 Å². The second-order valence-corrected chi connectivity index (χ2v) is 5.81. The van der Waals surface area contributed by atoms with Crippen molar-refractivity contribution in [3.63, 3.8) is 0 Å². The van der Waals surface area contributed by atoms with Crippen LogP contribution in [-0.2, 0) is 14.3 Å². The number of amides is 2. The third-order valence-corrected chi connectivity index (χ3v) is 3.81. The number of thioether (sulfide) groups is 1. The van der Waals surface area contributed by atoms with E-state index in [0.717, 1.165) is 11.3 Å². The summed E-state index contributed by atoms with van der Waals surface area (Å²) in [6.45, 7) is 2.29. The lowest BCUT2D eigenvalue weighted by Crippen LogP contribution is -2.26. The van der Waals surface area contributed by atoms with Crippen molar-refractivity contribution >= 4 is 29.5 Å². The van der Waals surface area contributed by atoms with E-state index < -0.39 is 0 Å². The molecule has 0 spiro atoms. The van der Waals surface area contributed by atoms with E-state index in [2.05, 4.69) is 5.32 Å². The number of nitrogens with two attached hydrogens (primary N) is 1. The van der Waals surface area contributed by atoms with Crippen LogP contribution in [0, 0.1) is 0 Å². The molecule has 7 heteroatoms. The van der Waals surface area contributed by atoms with Gasteiger partial charge in [-0.2, -0.15) is 0 Å². The SMILES string of the molecule is CCCC(=O)OCSc1ccccc1C(=O)NCCCC(N)=O. The lowest BCUT2D eigenvalue weighted by atomic mass is 10.2. The Kier molecular flexibility index (Phi) is 8.82. The van der Waals surface area contributed by atoms with E-state index in [0.29, 0.717) is 24.9 Å². The van der Waals surface area contributed by atoms with Crippen molar-refractivity contribution in [1.29, 1.82) is 0 Å². The summed E-state index contributed by atoms with van der Waals surface area (Å²) in [5.41, 5.74) is 5.57. The van der Waals surface area contributed by atoms with E-state index in [1.165, 1.54) is 11.8 Å². The summed E-state index contributed by atoms with van der Waals surface area (Å²) in [4.78, 5) is 34.9. The highest BCUT2D eigenvalue weighted by Crippen LogP contribution is 2.22. The molecule has 0 atom stereocenters. The number of benzene rings is 1. The van der Waals surface area contributed by atoms with Crippen LogP contribution in [0.4, 0.5) is 0 Å². The van der Waals surface area contributed by atoms with Gasteiger partial charge in [-0.1, -0.05) is 30.8 Å². The van der Waals surface area contributed by atoms with Gasteiger partial charge in [0.1, 0.15) is 5.94 Å². The molecular weight excluding hydrogens is 316 g/mol. The first-order valence-corrected chi connectivity index (χ1v) is 8.47. The lowest BCUT2D eigenvalue weighted by molar-refractivity contribution is -0.141. The zero-order valence-electron chi connectivity index (χ0n) is 13.2. The monoisotopic (exact) mass is 338 g/mol. The van der Waals surface area contributed by atoms with Crippen molar-refractivity contribution in [2.75, 3.05) is 12.5 Å². The Morgan fingerprint density at radius 1 is 1.22 bits per heavy atom. The van der Waals surface area contributed by atoms with Crippen LogP contribution in [0.15, 0.2) is 29.2 Å². The van der Waals surface area contributed by atoms with Crippen LogP contribution >= 0.6 is 11.8 Å². The number of carbonyl (C=O) groups excluding carboxylic acids is 3. The zero-order chi connectivity index (χ0) is 17.1. The average molecular weight is 338 g/mol. The summed E-state index contributed by atoms with van der Waals surface area (Å²) >= 11 is 1.30. The molecule has 0 aliphatic heterocycles. The number of nitrogens with one attached hydrogen (secondary N) is 1. The highest BCUT2D eigenvalue weighted by Gasteiger charge is 2.11. The van der Waals surface area contributed by atoms with Gasteiger partial charge in [-0.05, 0) is 25.0 Å². The Hall–Kier alpha value is -2.02. The molecule has 1 aromatic carbocycles. The van der Waals surface area contributed by atoms with Gasteiger partial charge in [0.15, 0.2) is 0 Å². The van der Waals surface area contributed by atoms with Crippen LogP contribution < -0.4 is 11.1 Å². The first kappa shape index (κ1) is 19.0. The van der Waals surface area contributed by atoms with E-state index in [1.807, 2.05) is 13.0 Å². The van der Waals surface area contributed by atoms with Gasteiger partial charge in [0.25, 0.3) is 5.91 Å². The van der Waals surface area contributed by atoms with E-state index in [4.69, 9.17) is 10.5 Å². The standard InChI is InChI=1S/C16H22N2O4S/c1-2-6-15(20)22-11-23-13-8-4-3-7-12(13)16(21)18-10-5-9-14(17)19/h3-4,7-8H,2,5-6,9-11H2,1H3,(H2,17,19)(H,18,21). The molecule has 0 fully saturated rings. The summed E-state index contributed by atoms with van der Waals surface area (Å²) in [6.07, 6.45) is 1.88. The van der Waals surface area contributed by atoms with Gasteiger partial charge in [0.05, 0.1) is 5.56 Å². The summed E-state index contributed by atoms with van der Waals surface area (Å²) in [6, 6.07) is 7.10. The molecule has 2 amide bonds. The molecular formula is C16H22N2O4S. The molecule has 1 rings (SSSR count). The predicted molar refractivity (Wildman–Crippen MR) is 88.9 cm³/mol. The van der Waals surface area contributed by atoms with Gasteiger partial charge in [0.2, 0.25) is 5.91 Å². The topological polar surface area (TPSA) is 98.5 Å². The fourth-order valence-electron chi connectivity index (χ4n) is 1.77. The molecule has 0 radical (unpaired) electrons. The molecule has 3 N–H and O–H groups in total. The average Bonchev–Trinajstić information content (AvgIpc) is 2.52. The third-order valence-electron chi connectivity index (χ3n) is 2.91. The Bertz CT molecular complexity index is 549. The molecule has 0 aliphatic carbocycles. The number of primary amides is 1. The van der Waals surface area contributed by atoms with Gasteiger partial charge < -0.3 is 15.8 Å². The number of rotatable bonds is 10. The van der Waals surface area contributed by atoms with Gasteiger partial charge in [0, 0.05) is 24.3 Å². The Balaban J connectivity index is 2.50. The molecule has 0 aromatic heterocycles. The van der Waals surface area contributed by atoms with Crippen LogP contribution in [0.25, 0.3) is 0 Å². The Morgan fingerprint density at radius 3 is 2.65 bits per heavy atom.